The molecule has 8 heteroatoms. The normalized spacial score (nSPS) is 10.5. The van der Waals surface area contributed by atoms with Gasteiger partial charge in [-0.3, -0.25) is 9.78 Å². The van der Waals surface area contributed by atoms with E-state index in [0.717, 1.165) is 16.6 Å². The second kappa shape index (κ2) is 9.54. The average Bonchev–Trinajstić information content (AvgIpc) is 2.66. The summed E-state index contributed by atoms with van der Waals surface area (Å²) in [4.78, 5) is 33.1. The highest BCUT2D eigenvalue weighted by molar-refractivity contribution is 5.96. The fourth-order valence-electron chi connectivity index (χ4n) is 2.83. The van der Waals surface area contributed by atoms with Crippen LogP contribution in [-0.2, 0) is 9.59 Å². The van der Waals surface area contributed by atoms with E-state index >= 15 is 0 Å². The quantitative estimate of drug-likeness (QED) is 0.590. The lowest BCUT2D eigenvalue weighted by Crippen LogP contribution is -2.47. The number of hydrogen-bond acceptors (Lipinski definition) is 7. The molecule has 2 aromatic carbocycles. The van der Waals surface area contributed by atoms with Crippen molar-refractivity contribution < 1.29 is 24.2 Å². The molecule has 0 spiro atoms. The van der Waals surface area contributed by atoms with Gasteiger partial charge in [0.15, 0.2) is 0 Å². The average molecular weight is 409 g/mol. The highest BCUT2D eigenvalue weighted by atomic mass is 16.5. The summed E-state index contributed by atoms with van der Waals surface area (Å²) in [7, 11) is 0. The molecule has 30 heavy (non-hydrogen) atoms. The van der Waals surface area contributed by atoms with Gasteiger partial charge in [0.2, 0.25) is 0 Å². The van der Waals surface area contributed by atoms with Crippen LogP contribution in [0.4, 0.5) is 5.69 Å². The SMILES string of the molecule is Cc1cc(N)c2c(OCC(C)(C)NC(=O)c3ccc(O)cc3)cccc2n1.O=C=O. The van der Waals surface area contributed by atoms with Gasteiger partial charge < -0.3 is 20.9 Å². The van der Waals surface area contributed by atoms with Gasteiger partial charge in [0.05, 0.1) is 16.4 Å². The number of carbonyl (C=O) groups is 1. The first-order valence-electron chi connectivity index (χ1n) is 9.06. The Bertz CT molecular complexity index is 1070. The van der Waals surface area contributed by atoms with E-state index in [0.29, 0.717) is 17.0 Å². The van der Waals surface area contributed by atoms with Crippen LogP contribution in [0.1, 0.15) is 29.9 Å². The molecule has 0 aliphatic heterocycles. The Morgan fingerprint density at radius 2 is 1.83 bits per heavy atom. The molecule has 0 radical (unpaired) electrons. The van der Waals surface area contributed by atoms with Crippen molar-refractivity contribution in [1.29, 1.82) is 0 Å². The van der Waals surface area contributed by atoms with E-state index in [9.17, 15) is 9.90 Å². The fraction of sp³-hybridized carbons (Fsp3) is 0.227. The minimum atomic E-state index is -0.621. The third kappa shape index (κ3) is 5.80. The Hall–Kier alpha value is -3.90. The standard InChI is InChI=1S/C21H23N3O3.CO2/c1-13-11-16(22)19-17(23-13)5-4-6-18(19)27-12-21(2,3)24-20(26)14-7-9-15(25)10-8-14;2-1-3/h4-11,25H,12H2,1-3H3,(H2,22,23)(H,24,26);. The molecule has 0 aliphatic rings. The molecular formula is C22H23N3O5. The largest absolute Gasteiger partial charge is 0.508 e. The first-order chi connectivity index (χ1) is 14.2. The number of benzene rings is 2. The molecule has 1 aromatic heterocycles. The van der Waals surface area contributed by atoms with E-state index in [2.05, 4.69) is 10.3 Å². The van der Waals surface area contributed by atoms with Crippen LogP contribution in [0.3, 0.4) is 0 Å². The second-order valence-corrected chi connectivity index (χ2v) is 7.26. The number of nitrogens with zero attached hydrogens (tertiary/aromatic N) is 1. The Labute approximate surface area is 173 Å². The van der Waals surface area contributed by atoms with Crippen molar-refractivity contribution in [2.45, 2.75) is 26.3 Å². The topological polar surface area (TPSA) is 132 Å². The number of aromatic nitrogens is 1. The zero-order valence-corrected chi connectivity index (χ0v) is 16.9. The molecular weight excluding hydrogens is 386 g/mol. The number of carbonyl (C=O) groups excluding carboxylic acids is 3. The Kier molecular flexibility index (Phi) is 7.12. The molecule has 3 rings (SSSR count). The van der Waals surface area contributed by atoms with E-state index < -0.39 is 5.54 Å². The monoisotopic (exact) mass is 409 g/mol. The van der Waals surface area contributed by atoms with Gasteiger partial charge in [-0.1, -0.05) is 6.07 Å². The number of pyridine rings is 1. The summed E-state index contributed by atoms with van der Waals surface area (Å²) in [6, 6.07) is 13.5. The zero-order chi connectivity index (χ0) is 22.3. The van der Waals surface area contributed by atoms with Crippen molar-refractivity contribution in [2.75, 3.05) is 12.3 Å². The summed E-state index contributed by atoms with van der Waals surface area (Å²) in [6.45, 7) is 5.90. The van der Waals surface area contributed by atoms with Crippen molar-refractivity contribution >= 4 is 28.6 Å². The molecule has 0 bridgehead atoms. The number of nitrogens with two attached hydrogens (primary N) is 1. The highest BCUT2D eigenvalue weighted by Gasteiger charge is 2.23. The van der Waals surface area contributed by atoms with E-state index in [1.165, 1.54) is 12.1 Å². The van der Waals surface area contributed by atoms with Crippen LogP contribution in [0.25, 0.3) is 10.9 Å². The lowest BCUT2D eigenvalue weighted by molar-refractivity contribution is -0.191. The number of phenols is 1. The maximum atomic E-state index is 12.4. The molecule has 0 aliphatic carbocycles. The Morgan fingerprint density at radius 1 is 1.20 bits per heavy atom. The summed E-state index contributed by atoms with van der Waals surface area (Å²) >= 11 is 0. The third-order valence-corrected chi connectivity index (χ3v) is 4.12. The maximum Gasteiger partial charge on any atom is 0.373 e. The van der Waals surface area contributed by atoms with Crippen LogP contribution in [0.15, 0.2) is 48.5 Å². The van der Waals surface area contributed by atoms with E-state index in [4.69, 9.17) is 20.1 Å². The van der Waals surface area contributed by atoms with Gasteiger partial charge in [-0.25, -0.2) is 0 Å². The van der Waals surface area contributed by atoms with Gasteiger partial charge in [0, 0.05) is 16.9 Å². The van der Waals surface area contributed by atoms with E-state index in [1.807, 2.05) is 45.0 Å². The smallest absolute Gasteiger partial charge is 0.373 e. The van der Waals surface area contributed by atoms with Crippen molar-refractivity contribution in [3.63, 3.8) is 0 Å². The van der Waals surface area contributed by atoms with Crippen LogP contribution in [0.5, 0.6) is 11.5 Å². The first-order valence-corrected chi connectivity index (χ1v) is 9.06. The van der Waals surface area contributed by atoms with Crippen molar-refractivity contribution in [3.8, 4) is 11.5 Å². The number of nitrogens with one attached hydrogen (secondary N) is 1. The molecule has 0 saturated heterocycles. The van der Waals surface area contributed by atoms with Gasteiger partial charge in [-0.05, 0) is 63.2 Å². The summed E-state index contributed by atoms with van der Waals surface area (Å²) in [6.07, 6.45) is 0.250. The number of fused-ring (bicyclic) bond motifs is 1. The molecule has 156 valence electrons. The number of phenolic OH excluding ortho intramolecular Hbond substituents is 1. The molecule has 4 N–H and O–H groups in total. The fourth-order valence-corrected chi connectivity index (χ4v) is 2.83. The minimum Gasteiger partial charge on any atom is -0.508 e. The molecule has 0 saturated carbocycles. The number of amides is 1. The number of hydrogen-bond donors (Lipinski definition) is 3. The minimum absolute atomic E-state index is 0.117. The summed E-state index contributed by atoms with van der Waals surface area (Å²) in [5.74, 6) is 0.509. The molecule has 3 aromatic rings. The number of anilines is 1. The number of rotatable bonds is 5. The highest BCUT2D eigenvalue weighted by Crippen LogP contribution is 2.30. The number of aryl methyl sites for hydroxylation is 1. The van der Waals surface area contributed by atoms with Crippen molar-refractivity contribution in [3.05, 3.63) is 59.8 Å². The zero-order valence-electron chi connectivity index (χ0n) is 16.9. The van der Waals surface area contributed by atoms with Crippen LogP contribution in [-0.4, -0.2) is 34.3 Å². The molecule has 8 nitrogen and oxygen atoms in total. The molecule has 0 atom stereocenters. The number of nitrogen functional groups attached to an aromatic ring is 1. The van der Waals surface area contributed by atoms with Crippen LogP contribution >= 0.6 is 0 Å². The summed E-state index contributed by atoms with van der Waals surface area (Å²) in [5, 5.41) is 13.0. The summed E-state index contributed by atoms with van der Waals surface area (Å²) < 4.78 is 5.99. The van der Waals surface area contributed by atoms with Crippen LogP contribution in [0.2, 0.25) is 0 Å². The first kappa shape index (κ1) is 22.4. The maximum absolute atomic E-state index is 12.4. The van der Waals surface area contributed by atoms with Crippen LogP contribution < -0.4 is 15.8 Å². The van der Waals surface area contributed by atoms with E-state index in [-0.39, 0.29) is 24.4 Å². The number of aromatic hydroxyl groups is 1. The predicted molar refractivity (Wildman–Crippen MR) is 111 cm³/mol. The van der Waals surface area contributed by atoms with Gasteiger partial charge in [0.1, 0.15) is 18.1 Å². The van der Waals surface area contributed by atoms with Gasteiger partial charge in [0.25, 0.3) is 5.91 Å². The summed E-state index contributed by atoms with van der Waals surface area (Å²) in [5.41, 5.74) is 8.23. The Morgan fingerprint density at radius 3 is 2.47 bits per heavy atom. The third-order valence-electron chi connectivity index (χ3n) is 4.12. The molecule has 1 heterocycles. The van der Waals surface area contributed by atoms with Crippen molar-refractivity contribution in [2.24, 2.45) is 0 Å². The molecule has 1 amide bonds. The second-order valence-electron chi connectivity index (χ2n) is 7.26. The predicted octanol–water partition coefficient (Wildman–Crippen LogP) is 2.83. The van der Waals surface area contributed by atoms with Gasteiger partial charge >= 0.3 is 6.15 Å². The van der Waals surface area contributed by atoms with Crippen molar-refractivity contribution in [1.82, 2.24) is 10.3 Å². The lowest BCUT2D eigenvalue weighted by Gasteiger charge is -2.27. The van der Waals surface area contributed by atoms with Crippen LogP contribution in [0, 0.1) is 6.92 Å². The molecule has 0 unspecified atom stereocenters. The lowest BCUT2D eigenvalue weighted by atomic mass is 10.1. The molecule has 0 fully saturated rings. The number of ether oxygens (including phenoxy) is 1. The Balaban J connectivity index is 0.00000101. The van der Waals surface area contributed by atoms with E-state index in [1.54, 1.807) is 12.1 Å². The van der Waals surface area contributed by atoms with Gasteiger partial charge in [-0.15, -0.1) is 0 Å². The van der Waals surface area contributed by atoms with Gasteiger partial charge in [-0.2, -0.15) is 9.59 Å².